The monoisotopic (exact) mass is 645 g/mol. The zero-order valence-corrected chi connectivity index (χ0v) is 25.4. The molecule has 0 radical (unpaired) electrons. The van der Waals surface area contributed by atoms with Gasteiger partial charge >= 0.3 is 6.03 Å². The number of amides is 4. The van der Waals surface area contributed by atoms with Crippen molar-refractivity contribution in [3.63, 3.8) is 0 Å². The van der Waals surface area contributed by atoms with Gasteiger partial charge in [-0.25, -0.2) is 4.79 Å². The van der Waals surface area contributed by atoms with Crippen LogP contribution >= 0.6 is 0 Å². The summed E-state index contributed by atoms with van der Waals surface area (Å²) in [5, 5.41) is 18.6. The highest BCUT2D eigenvalue weighted by atomic mass is 16.5. The van der Waals surface area contributed by atoms with Crippen molar-refractivity contribution in [2.45, 2.75) is 77.4 Å². The molecule has 0 unspecified atom stereocenters. The zero-order valence-electron chi connectivity index (χ0n) is 42.4. The second-order valence-corrected chi connectivity index (χ2v) is 10.6. The van der Waals surface area contributed by atoms with Gasteiger partial charge < -0.3 is 30.7 Å². The topological polar surface area (TPSA) is 120 Å². The third kappa shape index (κ3) is 9.81. The molecule has 1 aliphatic rings. The third-order valence-electron chi connectivity index (χ3n) is 7.14. The molecule has 0 bridgehead atoms. The Balaban J connectivity index is 1.92. The number of para-hydroxylation sites is 1. The molecule has 246 valence electrons. The van der Waals surface area contributed by atoms with Crippen LogP contribution < -0.4 is 20.7 Å². The van der Waals surface area contributed by atoms with E-state index in [-0.39, 0.29) is 30.0 Å². The molecule has 0 saturated carbocycles. The van der Waals surface area contributed by atoms with Crippen LogP contribution in [0.3, 0.4) is 0 Å². The largest absolute Gasteiger partial charge is 0.483 e. The Morgan fingerprint density at radius 3 is 2.46 bits per heavy atom. The Bertz CT molecular complexity index is 2130. The molecular weight excluding hydrogens is 580 g/mol. The van der Waals surface area contributed by atoms with Crippen molar-refractivity contribution < 1.29 is 47.5 Å². The van der Waals surface area contributed by atoms with Crippen molar-refractivity contribution in [1.29, 1.82) is 0 Å². The fourth-order valence-corrected chi connectivity index (χ4v) is 4.90. The average molecular weight is 646 g/mol. The molecule has 3 aromatic carbocycles. The number of nitrogens with zero attached hydrogens (tertiary/aromatic N) is 1. The quantitative estimate of drug-likeness (QED) is 0.196. The van der Waals surface area contributed by atoms with Gasteiger partial charge in [0.1, 0.15) is 11.8 Å². The van der Waals surface area contributed by atoms with Gasteiger partial charge in [0, 0.05) is 31.5 Å². The summed E-state index contributed by atoms with van der Waals surface area (Å²) < 4.78 is 150. The first-order valence-corrected chi connectivity index (χ1v) is 14.6. The molecule has 3 aromatic rings. The highest BCUT2D eigenvalue weighted by Crippen LogP contribution is 2.22. The van der Waals surface area contributed by atoms with Gasteiger partial charge in [0.15, 0.2) is 6.56 Å². The van der Waals surface area contributed by atoms with Gasteiger partial charge in [-0.1, -0.05) is 92.4 Å². The molecule has 4 N–H and O–H groups in total. The summed E-state index contributed by atoms with van der Waals surface area (Å²) >= 11 is 0. The van der Waals surface area contributed by atoms with Crippen molar-refractivity contribution in [2.75, 3.05) is 19.6 Å². The lowest BCUT2D eigenvalue weighted by Crippen LogP contribution is -2.59. The summed E-state index contributed by atoms with van der Waals surface area (Å²) in [4.78, 5) is 42.0. The molecule has 4 atom stereocenters. The number of carbonyl (C=O) groups excluding carboxylic acids is 3. The second-order valence-electron chi connectivity index (χ2n) is 10.6. The number of hydrogen-bond acceptors (Lipinski definition) is 5. The summed E-state index contributed by atoms with van der Waals surface area (Å²) in [6, 6.07) is -1.77. The van der Waals surface area contributed by atoms with Crippen LogP contribution in [0.15, 0.2) is 78.7 Å². The van der Waals surface area contributed by atoms with E-state index in [9.17, 15) is 23.6 Å². The van der Waals surface area contributed by atoms with E-state index in [2.05, 4.69) is 10.6 Å². The van der Waals surface area contributed by atoms with Crippen LogP contribution in [0.5, 0.6) is 5.75 Å². The van der Waals surface area contributed by atoms with Crippen LogP contribution in [0.2, 0.25) is 0 Å². The summed E-state index contributed by atoms with van der Waals surface area (Å²) in [5.41, 5.74) is 0.260. The molecule has 9 nitrogen and oxygen atoms in total. The Kier molecular flexibility index (Phi) is 6.61. The van der Waals surface area contributed by atoms with E-state index in [1.54, 1.807) is 62.4 Å². The normalized spacial score (nSPS) is 23.2. The summed E-state index contributed by atoms with van der Waals surface area (Å²) in [6.07, 6.45) is -7.12. The minimum atomic E-state index is -4.18. The Morgan fingerprint density at radius 2 is 1.78 bits per heavy atom. The van der Waals surface area contributed by atoms with E-state index in [0.717, 1.165) is 0 Å². The molecule has 4 amide bonds. The Labute approximate surface area is 296 Å². The Morgan fingerprint density at radius 1 is 1.07 bits per heavy atom. The molecule has 9 heteroatoms. The molecule has 4 rings (SSSR count). The minimum Gasteiger partial charge on any atom is -0.483 e. The number of nitrogens with one attached hydrogen (secondary N) is 3. The third-order valence-corrected chi connectivity index (χ3v) is 7.14. The Hall–Kier alpha value is -4.37. The van der Waals surface area contributed by atoms with Gasteiger partial charge in [-0.2, -0.15) is 0 Å². The standard InChI is InChI=1S/C37H48N4O5/c1-25(2)34(41-20-12-19-38-37(41)45)36(44)39-30(21-28-15-7-5-8-16-28)23-32(42)31(22-29-17-9-6-10-18-29)40-33(43)24-46-35-26(3)13-11-14-27(35)4/h5-11,13-18,25,30-32,34,42H,12,19-24H2,1-4H3,(H,38,45)(H,39,44)(H,40,43)/t30-,31-,32-,34-/m0/s1/i1D3,2D3,5D,7D,8D,15D,16D,21D2,24D2,25D,34D. The molecular formula is C37H48N4O5. The maximum Gasteiger partial charge on any atom is 0.318 e. The van der Waals surface area contributed by atoms with Crippen LogP contribution in [0.25, 0.3) is 0 Å². The highest BCUT2D eigenvalue weighted by Gasteiger charge is 2.35. The number of hydrogen-bond donors (Lipinski definition) is 4. The number of aliphatic hydroxyl groups is 1. The number of rotatable bonds is 15. The summed E-state index contributed by atoms with van der Waals surface area (Å²) in [5.74, 6) is -7.65. The molecule has 1 aliphatic heterocycles. The highest BCUT2D eigenvalue weighted by molar-refractivity contribution is 5.87. The predicted octanol–water partition coefficient (Wildman–Crippen LogP) is 4.33. The van der Waals surface area contributed by atoms with Crippen molar-refractivity contribution in [3.05, 3.63) is 101 Å². The first-order chi connectivity index (χ1) is 28.9. The van der Waals surface area contributed by atoms with Gasteiger partial charge in [0.05, 0.1) is 23.1 Å². The van der Waals surface area contributed by atoms with E-state index in [1.165, 1.54) is 0 Å². The van der Waals surface area contributed by atoms with E-state index >= 15 is 0 Å². The molecule has 0 spiro atoms. The van der Waals surface area contributed by atoms with Gasteiger partial charge in [0.2, 0.25) is 5.91 Å². The number of aliphatic hydroxyl groups excluding tert-OH is 1. The summed E-state index contributed by atoms with van der Waals surface area (Å²) in [6.45, 7) is -8.69. The van der Waals surface area contributed by atoms with E-state index in [4.69, 9.17) is 23.9 Å². The number of ether oxygens (including phenoxy) is 1. The smallest absolute Gasteiger partial charge is 0.318 e. The zero-order chi connectivity index (χ0) is 47.8. The number of benzene rings is 3. The van der Waals surface area contributed by atoms with Gasteiger partial charge in [-0.15, -0.1) is 0 Å². The SMILES string of the molecule is [2H]c1c([2H])c([2H])c(C([2H])([2H])[C@@H](C[C@H](O)[C@H](Cc2ccccc2)NC(=O)C([2H])([2H])Oc2c(C)cccc2C)NC(=O)[C@@]([2H])(N2CCCNC2=O)C([2H])(C([2H])([2H])[2H])C([2H])([2H])[2H])c([2H])c1[2H]. The lowest BCUT2D eigenvalue weighted by Gasteiger charge is -2.37. The number of aryl methyl sites for hydroxylation is 2. The average Bonchev–Trinajstić information content (AvgIpc) is 3.19. The van der Waals surface area contributed by atoms with Crippen molar-refractivity contribution in [3.8, 4) is 5.75 Å². The maximum absolute atomic E-state index is 14.8. The van der Waals surface area contributed by atoms with Gasteiger partial charge in [-0.3, -0.25) is 9.59 Å². The van der Waals surface area contributed by atoms with E-state index in [0.29, 0.717) is 16.7 Å². The predicted molar refractivity (Wildman–Crippen MR) is 180 cm³/mol. The molecule has 0 aliphatic carbocycles. The first kappa shape index (κ1) is 18.1. The fraction of sp³-hybridized carbons (Fsp3) is 0.432. The minimum absolute atomic E-state index is 0.0354. The number of carbonyl (C=O) groups is 3. The van der Waals surface area contributed by atoms with Crippen molar-refractivity contribution in [2.24, 2.45) is 5.89 Å². The van der Waals surface area contributed by atoms with Crippen LogP contribution in [-0.2, 0) is 22.4 Å². The maximum atomic E-state index is 14.8. The second kappa shape index (κ2) is 16.8. The van der Waals surface area contributed by atoms with E-state index in [1.807, 2.05) is 5.32 Å². The lowest BCUT2D eigenvalue weighted by atomic mass is 9.92. The first-order valence-electron chi connectivity index (χ1n) is 23.1. The van der Waals surface area contributed by atoms with Crippen LogP contribution in [-0.4, -0.2) is 71.7 Å². The fourth-order valence-electron chi connectivity index (χ4n) is 4.90. The van der Waals surface area contributed by atoms with Gasteiger partial charge in [0.25, 0.3) is 5.91 Å². The van der Waals surface area contributed by atoms with E-state index < -0.39 is 123 Å². The molecule has 1 fully saturated rings. The summed E-state index contributed by atoms with van der Waals surface area (Å²) in [7, 11) is 0. The molecule has 1 saturated heterocycles. The van der Waals surface area contributed by atoms with Crippen molar-refractivity contribution in [1.82, 2.24) is 20.9 Å². The lowest BCUT2D eigenvalue weighted by molar-refractivity contribution is -0.128. The molecule has 1 heterocycles. The van der Waals surface area contributed by atoms with Crippen molar-refractivity contribution >= 4 is 17.8 Å². The molecule has 46 heavy (non-hydrogen) atoms. The van der Waals surface area contributed by atoms with Crippen LogP contribution in [0, 0.1) is 19.7 Å². The van der Waals surface area contributed by atoms with Gasteiger partial charge in [-0.05, 0) is 67.6 Å². The number of urea groups is 1. The molecule has 0 aromatic heterocycles. The van der Waals surface area contributed by atoms with Crippen LogP contribution in [0.4, 0.5) is 4.79 Å². The van der Waals surface area contributed by atoms with Crippen LogP contribution in [0.1, 0.15) is 72.1 Å².